The molecule has 0 heterocycles. The molecule has 24 valence electrons. The van der Waals surface area contributed by atoms with Crippen LogP contribution in [0.15, 0.2) is 0 Å². The Kier molecular flexibility index (Phi) is 24.6. The molecule has 0 saturated carbocycles. The summed E-state index contributed by atoms with van der Waals surface area (Å²) in [7, 11) is 0. The van der Waals surface area contributed by atoms with E-state index in [2.05, 4.69) is 6.72 Å². The van der Waals surface area contributed by atoms with E-state index in [1.54, 1.807) is 0 Å². The van der Waals surface area contributed by atoms with Crippen LogP contribution in [-0.4, -0.2) is 13.5 Å². The van der Waals surface area contributed by atoms with Crippen LogP contribution in [-0.2, 0) is 4.79 Å². The molecule has 4 heavy (non-hydrogen) atoms. The average Bonchev–Trinajstić information content (AvgIpc) is 1.50. The van der Waals surface area contributed by atoms with Gasteiger partial charge in [-0.1, -0.05) is 0 Å². The molecule has 0 unspecified atom stereocenters. The monoisotopic (exact) mass is 59.0 g/mol. The maximum atomic E-state index is 8.00. The number of carbonyl (C=O) groups is 1. The highest BCUT2D eigenvalue weighted by Crippen LogP contribution is 0.633. The van der Waals surface area contributed by atoms with Crippen molar-refractivity contribution in [3.05, 3.63) is 0 Å². The molecule has 0 aromatic heterocycles. The van der Waals surface area contributed by atoms with Crippen molar-refractivity contribution in [2.45, 2.75) is 0 Å². The third-order valence-corrected chi connectivity index (χ3v) is 0. The van der Waals surface area contributed by atoms with Crippen LogP contribution in [0.3, 0.4) is 0 Å². The van der Waals surface area contributed by atoms with Crippen molar-refractivity contribution in [3.8, 4) is 0 Å². The Morgan fingerprint density at radius 1 is 1.25 bits per heavy atom. The van der Waals surface area contributed by atoms with E-state index in [4.69, 9.17) is 10.2 Å². The lowest BCUT2D eigenvalue weighted by atomic mass is 11.8. The predicted octanol–water partition coefficient (Wildman–Crippen LogP) is 0.0809. The second-order valence-electron chi connectivity index (χ2n) is 0. The molecule has 0 amide bonds. The van der Waals surface area contributed by atoms with E-state index in [-0.39, 0.29) is 0 Å². The first-order chi connectivity index (χ1) is 2.00. The van der Waals surface area contributed by atoms with E-state index in [0.29, 0.717) is 0 Å². The van der Waals surface area contributed by atoms with Gasteiger partial charge in [0.25, 0.3) is 0 Å². The number of rotatable bonds is 0. The van der Waals surface area contributed by atoms with Gasteiger partial charge in [-0.25, -0.2) is 0 Å². The van der Waals surface area contributed by atoms with Crippen LogP contribution in [0.5, 0.6) is 0 Å². The van der Waals surface area contributed by atoms with E-state index >= 15 is 0 Å². The fourth-order valence-electron chi connectivity index (χ4n) is 0. The molecular weight excluding hydrogens is 54.0 g/mol. The number of hydrogen-bond donors (Lipinski definition) is 1. The van der Waals surface area contributed by atoms with Crippen LogP contribution in [0.1, 0.15) is 0 Å². The van der Waals surface area contributed by atoms with Crippen LogP contribution in [0, 0.1) is 5.41 Å². The van der Waals surface area contributed by atoms with Crippen molar-refractivity contribution in [1.29, 1.82) is 5.41 Å². The first-order valence-electron chi connectivity index (χ1n) is 0.642. The van der Waals surface area contributed by atoms with Crippen molar-refractivity contribution in [2.24, 2.45) is 0 Å². The molecule has 2 nitrogen and oxygen atoms in total. The van der Waals surface area contributed by atoms with E-state index in [9.17, 15) is 0 Å². The highest BCUT2D eigenvalue weighted by Gasteiger charge is 0.636. The van der Waals surface area contributed by atoms with Gasteiger partial charge >= 0.3 is 0 Å². The Morgan fingerprint density at radius 3 is 1.25 bits per heavy atom. The first-order valence-corrected chi connectivity index (χ1v) is 0.642. The molecule has 0 radical (unpaired) electrons. The van der Waals surface area contributed by atoms with Gasteiger partial charge in [-0.05, 0) is 6.72 Å². The van der Waals surface area contributed by atoms with E-state index in [0.717, 1.165) is 0 Å². The summed E-state index contributed by atoms with van der Waals surface area (Å²) < 4.78 is 0. The fourth-order valence-corrected chi connectivity index (χ4v) is 0. The van der Waals surface area contributed by atoms with Gasteiger partial charge in [-0.2, -0.15) is 0 Å². The van der Waals surface area contributed by atoms with Crippen LogP contribution in [0.25, 0.3) is 0 Å². The molecule has 2 heteroatoms. The zero-order valence-electron chi connectivity index (χ0n) is 2.32. The summed E-state index contributed by atoms with van der Waals surface area (Å²) in [4.78, 5) is 8.00. The summed E-state index contributed by atoms with van der Waals surface area (Å²) >= 11 is 0. The minimum absolute atomic E-state index is 2.00. The zero-order chi connectivity index (χ0) is 4.00. The van der Waals surface area contributed by atoms with Crippen LogP contribution < -0.4 is 0 Å². The topological polar surface area (TPSA) is 40.9 Å². The van der Waals surface area contributed by atoms with Gasteiger partial charge in [0.1, 0.15) is 6.79 Å². The summed E-state index contributed by atoms with van der Waals surface area (Å²) in [5.74, 6) is 0. The molecule has 0 bridgehead atoms. The molecule has 0 saturated heterocycles. The maximum absolute atomic E-state index is 8.00. The number of hydrogen-bond acceptors (Lipinski definition) is 2. The minimum atomic E-state index is 2.00. The maximum Gasteiger partial charge on any atom is 0.106 e. The van der Waals surface area contributed by atoms with Crippen LogP contribution >= 0.6 is 0 Å². The highest BCUT2D eigenvalue weighted by molar-refractivity contribution is 5.15. The Labute approximate surface area is 25.0 Å². The second-order valence-corrected chi connectivity index (χ2v) is 0. The minimum Gasteiger partial charge on any atom is -0.317 e. The molecule has 0 atom stereocenters. The molecule has 0 aromatic carbocycles. The molecule has 0 rings (SSSR count). The van der Waals surface area contributed by atoms with Gasteiger partial charge in [0.15, 0.2) is 0 Å². The molecule has 1 N–H and O–H groups in total. The third kappa shape index (κ3) is 0.356. The summed E-state index contributed by atoms with van der Waals surface area (Å²) in [6.07, 6.45) is 0. The molecule has 0 aliphatic rings. The lowest BCUT2D eigenvalue weighted by Crippen LogP contribution is -0.925. The summed E-state index contributed by atoms with van der Waals surface area (Å²) in [5, 5.41) is 5.50. The van der Waals surface area contributed by atoms with Crippen LogP contribution in [0.2, 0.25) is 0 Å². The van der Waals surface area contributed by atoms with Crippen molar-refractivity contribution in [1.82, 2.24) is 0 Å². The predicted molar refractivity (Wildman–Crippen MR) is 17.0 cm³/mol. The van der Waals surface area contributed by atoms with Gasteiger partial charge in [-0.3, -0.25) is 0 Å². The Bertz CT molecular complexity index is 8.00. The van der Waals surface area contributed by atoms with Crippen molar-refractivity contribution < 1.29 is 4.79 Å². The standard InChI is InChI=1S/CH3N.CH2O/c2*1-2/h2H,1H2;1H2. The van der Waals surface area contributed by atoms with E-state index < -0.39 is 0 Å². The average molecular weight is 59.1 g/mol. The molecular formula is C2H5NO. The van der Waals surface area contributed by atoms with Gasteiger partial charge in [0.05, 0.1) is 0 Å². The van der Waals surface area contributed by atoms with E-state index in [1.165, 1.54) is 0 Å². The van der Waals surface area contributed by atoms with Gasteiger partial charge in [0.2, 0.25) is 0 Å². The van der Waals surface area contributed by atoms with Crippen molar-refractivity contribution in [3.63, 3.8) is 0 Å². The first kappa shape index (κ1) is 10.2. The summed E-state index contributed by atoms with van der Waals surface area (Å²) in [5.41, 5.74) is 0. The largest absolute Gasteiger partial charge is 0.317 e. The Balaban J connectivity index is 0. The molecule has 0 aliphatic carbocycles. The Morgan fingerprint density at radius 2 is 1.25 bits per heavy atom. The normalized spacial score (nSPS) is 2.00. The Hall–Kier alpha value is -0.660. The van der Waals surface area contributed by atoms with Gasteiger partial charge in [-0.15, -0.1) is 0 Å². The van der Waals surface area contributed by atoms with E-state index in [1.807, 2.05) is 6.79 Å². The van der Waals surface area contributed by atoms with Gasteiger partial charge < -0.3 is 10.2 Å². The SMILES string of the molecule is C=N.C=O. The quantitative estimate of drug-likeness (QED) is 0.394. The van der Waals surface area contributed by atoms with Gasteiger partial charge in [0, 0.05) is 0 Å². The lowest BCUT2D eigenvalue weighted by molar-refractivity contribution is -0.0979. The molecule has 0 aromatic rings. The third-order valence-electron chi connectivity index (χ3n) is 0. The number of nitrogens with one attached hydrogen (secondary N) is 1. The molecule has 0 aliphatic heterocycles. The molecule has 0 spiro atoms. The lowest BCUT2D eigenvalue weighted by Gasteiger charge is -0.890. The fraction of sp³-hybridized carbons (Fsp3) is 0. The summed E-state index contributed by atoms with van der Waals surface area (Å²) in [6.45, 7) is 4.50. The van der Waals surface area contributed by atoms with Crippen LogP contribution in [0.4, 0.5) is 0 Å². The second kappa shape index (κ2) is 9.65. The van der Waals surface area contributed by atoms with Crippen molar-refractivity contribution >= 4 is 13.5 Å². The highest BCUT2D eigenvalue weighted by atomic mass is 16.1. The number of carbonyl (C=O) groups excluding carboxylic acids is 1. The zero-order valence-corrected chi connectivity index (χ0v) is 2.32. The molecule has 0 fully saturated rings. The smallest absolute Gasteiger partial charge is 0.106 e. The van der Waals surface area contributed by atoms with Crippen molar-refractivity contribution in [2.75, 3.05) is 0 Å². The summed E-state index contributed by atoms with van der Waals surface area (Å²) in [6, 6.07) is 0.